The van der Waals surface area contributed by atoms with E-state index in [1.54, 1.807) is 32.2 Å². The highest BCUT2D eigenvalue weighted by Gasteiger charge is 2.21. The Balaban J connectivity index is 1.79. The Kier molecular flexibility index (Phi) is 5.29. The lowest BCUT2D eigenvalue weighted by Crippen LogP contribution is -2.30. The molecule has 142 valence electrons. The van der Waals surface area contributed by atoms with Gasteiger partial charge in [-0.1, -0.05) is 19.9 Å². The molecular weight excluding hydrogens is 364 g/mol. The number of pyridine rings is 1. The van der Waals surface area contributed by atoms with Crippen LogP contribution in [0, 0.1) is 6.92 Å². The maximum absolute atomic E-state index is 12.5. The second-order valence-electron chi connectivity index (χ2n) is 6.09. The SMILES string of the molecule is CCN(CC)S(=O)(=O)c1ccc(NC(=O)c2cn3c(C)cccc3n2)cc1. The number of fused-ring (bicyclic) bond motifs is 1. The minimum atomic E-state index is -3.52. The summed E-state index contributed by atoms with van der Waals surface area (Å²) in [5.74, 6) is -0.350. The molecule has 0 aliphatic heterocycles. The topological polar surface area (TPSA) is 83.8 Å². The van der Waals surface area contributed by atoms with Crippen LogP contribution >= 0.6 is 0 Å². The molecule has 2 aromatic heterocycles. The summed E-state index contributed by atoms with van der Waals surface area (Å²) in [6.45, 7) is 6.35. The second-order valence-corrected chi connectivity index (χ2v) is 8.03. The van der Waals surface area contributed by atoms with Gasteiger partial charge in [-0.25, -0.2) is 13.4 Å². The van der Waals surface area contributed by atoms with Crippen LogP contribution < -0.4 is 5.32 Å². The molecule has 27 heavy (non-hydrogen) atoms. The molecule has 0 radical (unpaired) electrons. The van der Waals surface area contributed by atoms with E-state index in [1.165, 1.54) is 16.4 Å². The number of nitrogens with one attached hydrogen (secondary N) is 1. The summed E-state index contributed by atoms with van der Waals surface area (Å²) in [5, 5.41) is 2.75. The molecule has 0 fully saturated rings. The van der Waals surface area contributed by atoms with Crippen LogP contribution in [0.4, 0.5) is 5.69 Å². The molecule has 0 saturated carbocycles. The molecule has 0 aliphatic rings. The molecule has 2 heterocycles. The Morgan fingerprint density at radius 3 is 2.37 bits per heavy atom. The van der Waals surface area contributed by atoms with Crippen LogP contribution in [0.15, 0.2) is 53.6 Å². The van der Waals surface area contributed by atoms with Gasteiger partial charge < -0.3 is 9.72 Å². The normalized spacial score (nSPS) is 11.9. The second kappa shape index (κ2) is 7.50. The van der Waals surface area contributed by atoms with E-state index in [1.807, 2.05) is 29.5 Å². The Hall–Kier alpha value is -2.71. The van der Waals surface area contributed by atoms with Crippen molar-refractivity contribution in [3.05, 3.63) is 60.0 Å². The molecular formula is C19H22N4O3S. The third-order valence-corrected chi connectivity index (χ3v) is 6.45. The number of hydrogen-bond acceptors (Lipinski definition) is 4. The average molecular weight is 386 g/mol. The maximum atomic E-state index is 12.5. The van der Waals surface area contributed by atoms with Crippen LogP contribution in [-0.4, -0.2) is 41.1 Å². The Bertz CT molecular complexity index is 1070. The summed E-state index contributed by atoms with van der Waals surface area (Å²) in [7, 11) is -3.52. The van der Waals surface area contributed by atoms with Gasteiger partial charge in [0, 0.05) is 30.7 Å². The number of aromatic nitrogens is 2. The molecule has 0 bridgehead atoms. The number of carbonyl (C=O) groups is 1. The van der Waals surface area contributed by atoms with Crippen LogP contribution in [0.1, 0.15) is 30.0 Å². The summed E-state index contributed by atoms with van der Waals surface area (Å²) in [5.41, 5.74) is 2.47. The first-order chi connectivity index (χ1) is 12.9. The zero-order chi connectivity index (χ0) is 19.6. The zero-order valence-electron chi connectivity index (χ0n) is 15.5. The number of anilines is 1. The fourth-order valence-electron chi connectivity index (χ4n) is 2.88. The standard InChI is InChI=1S/C19H22N4O3S/c1-4-22(5-2)27(25,26)16-11-9-15(10-12-16)20-19(24)17-13-23-14(3)7-6-8-18(23)21-17/h6-13H,4-5H2,1-3H3,(H,20,24). The fourth-order valence-corrected chi connectivity index (χ4v) is 4.33. The lowest BCUT2D eigenvalue weighted by atomic mass is 10.3. The monoisotopic (exact) mass is 386 g/mol. The van der Waals surface area contributed by atoms with E-state index in [-0.39, 0.29) is 10.8 Å². The third kappa shape index (κ3) is 3.72. The van der Waals surface area contributed by atoms with Crippen molar-refractivity contribution >= 4 is 27.3 Å². The summed E-state index contributed by atoms with van der Waals surface area (Å²) in [4.78, 5) is 17.0. The van der Waals surface area contributed by atoms with Gasteiger partial charge in [-0.15, -0.1) is 0 Å². The van der Waals surface area contributed by atoms with Crippen molar-refractivity contribution in [1.82, 2.24) is 13.7 Å². The fraction of sp³-hybridized carbons (Fsp3) is 0.263. The highest BCUT2D eigenvalue weighted by Crippen LogP contribution is 2.19. The van der Waals surface area contributed by atoms with Crippen LogP contribution in [0.25, 0.3) is 5.65 Å². The molecule has 3 aromatic rings. The van der Waals surface area contributed by atoms with Crippen LogP contribution in [0.2, 0.25) is 0 Å². The van der Waals surface area contributed by atoms with Crippen LogP contribution in [-0.2, 0) is 10.0 Å². The van der Waals surface area contributed by atoms with Gasteiger partial charge in [0.15, 0.2) is 0 Å². The van der Waals surface area contributed by atoms with E-state index in [9.17, 15) is 13.2 Å². The number of aryl methyl sites for hydroxylation is 1. The minimum Gasteiger partial charge on any atom is -0.321 e. The van der Waals surface area contributed by atoms with E-state index in [0.29, 0.717) is 30.1 Å². The van der Waals surface area contributed by atoms with Gasteiger partial charge in [-0.2, -0.15) is 4.31 Å². The molecule has 8 heteroatoms. The third-order valence-electron chi connectivity index (χ3n) is 4.38. The first-order valence-corrected chi connectivity index (χ1v) is 10.2. The van der Waals surface area contributed by atoms with E-state index in [0.717, 1.165) is 5.69 Å². The number of sulfonamides is 1. The van der Waals surface area contributed by atoms with Gasteiger partial charge in [0.05, 0.1) is 4.90 Å². The summed E-state index contributed by atoms with van der Waals surface area (Å²) in [6.07, 6.45) is 1.68. The zero-order valence-corrected chi connectivity index (χ0v) is 16.3. The molecule has 3 rings (SSSR count). The molecule has 0 atom stereocenters. The van der Waals surface area contributed by atoms with Gasteiger partial charge >= 0.3 is 0 Å². The van der Waals surface area contributed by atoms with Gasteiger partial charge in [-0.3, -0.25) is 4.79 Å². The predicted molar refractivity (Wildman–Crippen MR) is 104 cm³/mol. The molecule has 7 nitrogen and oxygen atoms in total. The Morgan fingerprint density at radius 2 is 1.78 bits per heavy atom. The van der Waals surface area contributed by atoms with Gasteiger partial charge in [0.1, 0.15) is 11.3 Å². The van der Waals surface area contributed by atoms with Gasteiger partial charge in [0.2, 0.25) is 10.0 Å². The number of rotatable bonds is 6. The van der Waals surface area contributed by atoms with E-state index >= 15 is 0 Å². The Labute approximate surface area is 158 Å². The molecule has 0 unspecified atom stereocenters. The molecule has 1 N–H and O–H groups in total. The first kappa shape index (κ1) is 19.1. The largest absolute Gasteiger partial charge is 0.321 e. The smallest absolute Gasteiger partial charge is 0.275 e. The van der Waals surface area contributed by atoms with Crippen molar-refractivity contribution < 1.29 is 13.2 Å². The lowest BCUT2D eigenvalue weighted by Gasteiger charge is -2.18. The van der Waals surface area contributed by atoms with Crippen molar-refractivity contribution in [1.29, 1.82) is 0 Å². The average Bonchev–Trinajstić information content (AvgIpc) is 3.09. The number of carbonyl (C=O) groups excluding carboxylic acids is 1. The first-order valence-electron chi connectivity index (χ1n) is 8.73. The van der Waals surface area contributed by atoms with Crippen molar-refractivity contribution in [3.8, 4) is 0 Å². The van der Waals surface area contributed by atoms with E-state index in [2.05, 4.69) is 10.3 Å². The van der Waals surface area contributed by atoms with Crippen molar-refractivity contribution in [2.75, 3.05) is 18.4 Å². The molecule has 1 amide bonds. The van der Waals surface area contributed by atoms with Crippen molar-refractivity contribution in [3.63, 3.8) is 0 Å². The summed E-state index contributed by atoms with van der Waals surface area (Å²) < 4.78 is 28.2. The van der Waals surface area contributed by atoms with Crippen LogP contribution in [0.5, 0.6) is 0 Å². The van der Waals surface area contributed by atoms with Crippen molar-refractivity contribution in [2.24, 2.45) is 0 Å². The van der Waals surface area contributed by atoms with Gasteiger partial charge in [-0.05, 0) is 43.3 Å². The number of hydrogen-bond donors (Lipinski definition) is 1. The molecule has 1 aromatic carbocycles. The van der Waals surface area contributed by atoms with Crippen molar-refractivity contribution in [2.45, 2.75) is 25.7 Å². The number of imidazole rings is 1. The highest BCUT2D eigenvalue weighted by atomic mass is 32.2. The van der Waals surface area contributed by atoms with Crippen LogP contribution in [0.3, 0.4) is 0 Å². The Morgan fingerprint density at radius 1 is 1.11 bits per heavy atom. The van der Waals surface area contributed by atoms with E-state index in [4.69, 9.17) is 0 Å². The summed E-state index contributed by atoms with van der Waals surface area (Å²) in [6, 6.07) is 11.8. The molecule has 0 aliphatic carbocycles. The number of benzene rings is 1. The van der Waals surface area contributed by atoms with E-state index < -0.39 is 10.0 Å². The number of nitrogens with zero attached hydrogens (tertiary/aromatic N) is 3. The molecule has 0 saturated heterocycles. The highest BCUT2D eigenvalue weighted by molar-refractivity contribution is 7.89. The quantitative estimate of drug-likeness (QED) is 0.706. The summed E-state index contributed by atoms with van der Waals surface area (Å²) >= 11 is 0. The minimum absolute atomic E-state index is 0.201. The molecule has 0 spiro atoms. The lowest BCUT2D eigenvalue weighted by molar-refractivity contribution is 0.102. The predicted octanol–water partition coefficient (Wildman–Crippen LogP) is 2.93. The number of amides is 1. The maximum Gasteiger partial charge on any atom is 0.275 e. The van der Waals surface area contributed by atoms with Gasteiger partial charge in [0.25, 0.3) is 5.91 Å².